The summed E-state index contributed by atoms with van der Waals surface area (Å²) in [6.07, 6.45) is 1.14. The van der Waals surface area contributed by atoms with E-state index in [0.717, 1.165) is 39.1 Å². The van der Waals surface area contributed by atoms with Crippen LogP contribution in [0.25, 0.3) is 0 Å². The lowest BCUT2D eigenvalue weighted by Crippen LogP contribution is -2.48. The molecule has 1 fully saturated rings. The van der Waals surface area contributed by atoms with Crippen LogP contribution >= 0.6 is 0 Å². The van der Waals surface area contributed by atoms with Gasteiger partial charge in [0.2, 0.25) is 0 Å². The molecule has 0 radical (unpaired) electrons. The summed E-state index contributed by atoms with van der Waals surface area (Å²) in [4.78, 5) is 2.54. The molecule has 0 spiro atoms. The van der Waals surface area contributed by atoms with Crippen LogP contribution in [-0.2, 0) is 13.1 Å². The molecule has 2 heterocycles. The van der Waals surface area contributed by atoms with E-state index in [2.05, 4.69) is 47.7 Å². The maximum atomic E-state index is 4.66. The Labute approximate surface area is 110 Å². The van der Waals surface area contributed by atoms with Crippen LogP contribution in [0.4, 0.5) is 0 Å². The Hall–Kier alpha value is -0.870. The van der Waals surface area contributed by atoms with E-state index < -0.39 is 0 Å². The summed E-state index contributed by atoms with van der Waals surface area (Å²) in [6, 6.07) is 0.602. The Morgan fingerprint density at radius 1 is 1.39 bits per heavy atom. The van der Waals surface area contributed by atoms with Crippen molar-refractivity contribution in [1.29, 1.82) is 0 Å². The Kier molecular flexibility index (Phi) is 4.40. The van der Waals surface area contributed by atoms with Gasteiger partial charge in [-0.25, -0.2) is 0 Å². The fourth-order valence-corrected chi connectivity index (χ4v) is 2.77. The summed E-state index contributed by atoms with van der Waals surface area (Å²) in [5.41, 5.74) is 3.98. The fraction of sp³-hybridized carbons (Fsp3) is 0.786. The molecule has 2 rings (SSSR count). The van der Waals surface area contributed by atoms with Gasteiger partial charge in [0, 0.05) is 50.0 Å². The summed E-state index contributed by atoms with van der Waals surface area (Å²) >= 11 is 0. The van der Waals surface area contributed by atoms with Gasteiger partial charge in [0.1, 0.15) is 0 Å². The maximum absolute atomic E-state index is 4.66. The SMILES string of the molecule is CCCn1nc(C)c(CN2CCN[C@@H](C)C2)c1C. The zero-order valence-corrected chi connectivity index (χ0v) is 12.2. The Balaban J connectivity index is 2.08. The average molecular weight is 250 g/mol. The van der Waals surface area contributed by atoms with Crippen LogP contribution in [-0.4, -0.2) is 40.4 Å². The number of nitrogens with one attached hydrogen (secondary N) is 1. The highest BCUT2D eigenvalue weighted by Crippen LogP contribution is 2.16. The predicted octanol–water partition coefficient (Wildman–Crippen LogP) is 1.70. The lowest BCUT2D eigenvalue weighted by molar-refractivity contribution is 0.199. The standard InChI is InChI=1S/C14H26N4/c1-5-7-18-13(4)14(12(3)16-18)10-17-8-6-15-11(2)9-17/h11,15H,5-10H2,1-4H3/t11-/m0/s1. The first-order valence-corrected chi connectivity index (χ1v) is 7.10. The summed E-state index contributed by atoms with van der Waals surface area (Å²) in [5, 5.41) is 8.15. The van der Waals surface area contributed by atoms with Gasteiger partial charge in [0.15, 0.2) is 0 Å². The van der Waals surface area contributed by atoms with E-state index in [0.29, 0.717) is 6.04 Å². The monoisotopic (exact) mass is 250 g/mol. The Morgan fingerprint density at radius 2 is 2.17 bits per heavy atom. The van der Waals surface area contributed by atoms with Gasteiger partial charge in [-0.3, -0.25) is 9.58 Å². The van der Waals surface area contributed by atoms with E-state index in [4.69, 9.17) is 0 Å². The normalized spacial score (nSPS) is 21.4. The zero-order chi connectivity index (χ0) is 13.1. The smallest absolute Gasteiger partial charge is 0.0641 e. The van der Waals surface area contributed by atoms with E-state index >= 15 is 0 Å². The minimum absolute atomic E-state index is 0.602. The molecule has 1 aliphatic heterocycles. The number of piperazine rings is 1. The van der Waals surface area contributed by atoms with Crippen molar-refractivity contribution in [2.24, 2.45) is 0 Å². The van der Waals surface area contributed by atoms with Crippen LogP contribution in [0, 0.1) is 13.8 Å². The first-order chi connectivity index (χ1) is 8.61. The number of aryl methyl sites for hydroxylation is 2. The first-order valence-electron chi connectivity index (χ1n) is 7.10. The van der Waals surface area contributed by atoms with Gasteiger partial charge in [-0.2, -0.15) is 5.10 Å². The van der Waals surface area contributed by atoms with E-state index in [1.807, 2.05) is 0 Å². The average Bonchev–Trinajstić information content (AvgIpc) is 2.58. The van der Waals surface area contributed by atoms with Crippen LogP contribution in [0.2, 0.25) is 0 Å². The molecule has 1 aliphatic rings. The maximum Gasteiger partial charge on any atom is 0.0641 e. The number of aromatic nitrogens is 2. The molecule has 0 amide bonds. The molecular weight excluding hydrogens is 224 g/mol. The fourth-order valence-electron chi connectivity index (χ4n) is 2.77. The van der Waals surface area contributed by atoms with Crippen molar-refractivity contribution in [3.8, 4) is 0 Å². The van der Waals surface area contributed by atoms with Gasteiger partial charge < -0.3 is 5.32 Å². The van der Waals surface area contributed by atoms with E-state index in [1.165, 1.54) is 17.0 Å². The highest BCUT2D eigenvalue weighted by molar-refractivity contribution is 5.24. The summed E-state index contributed by atoms with van der Waals surface area (Å²) in [5.74, 6) is 0. The van der Waals surface area contributed by atoms with Gasteiger partial charge >= 0.3 is 0 Å². The number of nitrogens with zero attached hydrogens (tertiary/aromatic N) is 3. The van der Waals surface area contributed by atoms with Gasteiger partial charge in [0.05, 0.1) is 5.69 Å². The van der Waals surface area contributed by atoms with Crippen LogP contribution < -0.4 is 5.32 Å². The van der Waals surface area contributed by atoms with Crippen molar-refractivity contribution in [2.45, 2.75) is 53.2 Å². The van der Waals surface area contributed by atoms with E-state index in [1.54, 1.807) is 0 Å². The minimum Gasteiger partial charge on any atom is -0.312 e. The Bertz CT molecular complexity index is 397. The molecule has 1 N–H and O–H groups in total. The van der Waals surface area contributed by atoms with Gasteiger partial charge in [-0.1, -0.05) is 6.92 Å². The molecule has 102 valence electrons. The lowest BCUT2D eigenvalue weighted by atomic mass is 10.1. The van der Waals surface area contributed by atoms with Crippen LogP contribution in [0.3, 0.4) is 0 Å². The molecule has 0 unspecified atom stereocenters. The zero-order valence-electron chi connectivity index (χ0n) is 12.2. The molecule has 0 saturated carbocycles. The third kappa shape index (κ3) is 2.93. The van der Waals surface area contributed by atoms with Crippen LogP contribution in [0.5, 0.6) is 0 Å². The van der Waals surface area contributed by atoms with E-state index in [9.17, 15) is 0 Å². The van der Waals surface area contributed by atoms with Gasteiger partial charge in [0.25, 0.3) is 0 Å². The van der Waals surface area contributed by atoms with Gasteiger partial charge in [-0.15, -0.1) is 0 Å². The highest BCUT2D eigenvalue weighted by Gasteiger charge is 2.19. The number of rotatable bonds is 4. The summed E-state index contributed by atoms with van der Waals surface area (Å²) in [7, 11) is 0. The lowest BCUT2D eigenvalue weighted by Gasteiger charge is -2.31. The van der Waals surface area contributed by atoms with E-state index in [-0.39, 0.29) is 0 Å². The quantitative estimate of drug-likeness (QED) is 0.883. The molecule has 1 aromatic heterocycles. The van der Waals surface area contributed by atoms with Gasteiger partial charge in [-0.05, 0) is 27.2 Å². The largest absolute Gasteiger partial charge is 0.312 e. The van der Waals surface area contributed by atoms with Crippen LogP contribution in [0.1, 0.15) is 37.2 Å². The van der Waals surface area contributed by atoms with Crippen molar-refractivity contribution in [2.75, 3.05) is 19.6 Å². The molecule has 4 nitrogen and oxygen atoms in total. The van der Waals surface area contributed by atoms with Crippen molar-refractivity contribution >= 4 is 0 Å². The number of hydrogen-bond donors (Lipinski definition) is 1. The molecule has 1 aromatic rings. The number of hydrogen-bond acceptors (Lipinski definition) is 3. The van der Waals surface area contributed by atoms with Crippen molar-refractivity contribution in [3.63, 3.8) is 0 Å². The van der Waals surface area contributed by atoms with Crippen molar-refractivity contribution < 1.29 is 0 Å². The Morgan fingerprint density at radius 3 is 2.83 bits per heavy atom. The third-order valence-electron chi connectivity index (χ3n) is 3.80. The summed E-state index contributed by atoms with van der Waals surface area (Å²) in [6.45, 7) is 14.3. The predicted molar refractivity (Wildman–Crippen MR) is 74.7 cm³/mol. The second kappa shape index (κ2) is 5.85. The van der Waals surface area contributed by atoms with Crippen molar-refractivity contribution in [1.82, 2.24) is 20.0 Å². The topological polar surface area (TPSA) is 33.1 Å². The molecule has 0 aliphatic carbocycles. The first kappa shape index (κ1) is 13.6. The highest BCUT2D eigenvalue weighted by atomic mass is 15.3. The third-order valence-corrected chi connectivity index (χ3v) is 3.80. The minimum atomic E-state index is 0.602. The molecular formula is C14H26N4. The molecule has 1 saturated heterocycles. The molecule has 0 bridgehead atoms. The van der Waals surface area contributed by atoms with Crippen molar-refractivity contribution in [3.05, 3.63) is 17.0 Å². The molecule has 1 atom stereocenters. The van der Waals surface area contributed by atoms with Crippen LogP contribution in [0.15, 0.2) is 0 Å². The molecule has 0 aromatic carbocycles. The second-order valence-corrected chi connectivity index (χ2v) is 5.46. The molecule has 18 heavy (non-hydrogen) atoms. The molecule has 4 heteroatoms. The summed E-state index contributed by atoms with van der Waals surface area (Å²) < 4.78 is 2.16. The second-order valence-electron chi connectivity index (χ2n) is 5.46.